The van der Waals surface area contributed by atoms with Gasteiger partial charge < -0.3 is 5.32 Å². The molecule has 1 amide bonds. The lowest BCUT2D eigenvalue weighted by Gasteiger charge is -2.18. The van der Waals surface area contributed by atoms with Gasteiger partial charge in [0, 0.05) is 12.6 Å². The van der Waals surface area contributed by atoms with Crippen LogP contribution in [0.25, 0.3) is 6.08 Å². The zero-order valence-electron chi connectivity index (χ0n) is 15.5. The van der Waals surface area contributed by atoms with Gasteiger partial charge in [0.05, 0.1) is 0 Å². The van der Waals surface area contributed by atoms with Crippen LogP contribution in [0, 0.1) is 5.92 Å². The Morgan fingerprint density at radius 3 is 2.35 bits per heavy atom. The molecule has 23 heavy (non-hydrogen) atoms. The van der Waals surface area contributed by atoms with E-state index in [0.29, 0.717) is 5.92 Å². The molecule has 1 atom stereocenters. The Balaban J connectivity index is 2.48. The van der Waals surface area contributed by atoms with Crippen LogP contribution in [0.15, 0.2) is 30.3 Å². The molecule has 0 aliphatic rings. The Morgan fingerprint density at radius 2 is 1.83 bits per heavy atom. The largest absolute Gasteiger partial charge is 0.352 e. The van der Waals surface area contributed by atoms with E-state index >= 15 is 0 Å². The summed E-state index contributed by atoms with van der Waals surface area (Å²) in [5, 5.41) is 3.02. The van der Waals surface area contributed by atoms with Crippen LogP contribution in [-0.4, -0.2) is 12.5 Å². The standard InChI is InChI=1S/C21H33NO/c1-6-8-9-17(7-2)16-22-20(23)15-12-18-10-13-19(14-11-18)21(3,4)5/h10-15,17H,6-9,16H2,1-5H3,(H,22,23)/b15-12+/t17-/m1/s1. The molecular weight excluding hydrogens is 282 g/mol. The van der Waals surface area contributed by atoms with E-state index in [0.717, 1.165) is 18.5 Å². The van der Waals surface area contributed by atoms with Crippen molar-refractivity contribution >= 4 is 12.0 Å². The molecule has 1 aromatic rings. The second-order valence-corrected chi connectivity index (χ2v) is 7.37. The van der Waals surface area contributed by atoms with Crippen molar-refractivity contribution in [1.82, 2.24) is 5.32 Å². The highest BCUT2D eigenvalue weighted by Gasteiger charge is 2.12. The quantitative estimate of drug-likeness (QED) is 0.645. The van der Waals surface area contributed by atoms with E-state index in [1.165, 1.54) is 24.8 Å². The predicted octanol–water partition coefficient (Wildman–Crippen LogP) is 5.33. The maximum atomic E-state index is 11.9. The minimum atomic E-state index is -0.000142. The van der Waals surface area contributed by atoms with Gasteiger partial charge >= 0.3 is 0 Å². The second kappa shape index (κ2) is 9.54. The van der Waals surface area contributed by atoms with Crippen LogP contribution in [0.3, 0.4) is 0 Å². The van der Waals surface area contributed by atoms with Crippen LogP contribution in [0.5, 0.6) is 0 Å². The fourth-order valence-electron chi connectivity index (χ4n) is 2.51. The van der Waals surface area contributed by atoms with E-state index in [-0.39, 0.29) is 11.3 Å². The molecule has 0 unspecified atom stereocenters. The van der Waals surface area contributed by atoms with Crippen molar-refractivity contribution in [2.45, 2.75) is 65.7 Å². The van der Waals surface area contributed by atoms with Gasteiger partial charge in [0.15, 0.2) is 0 Å². The molecule has 1 rings (SSSR count). The molecule has 0 fully saturated rings. The fraction of sp³-hybridized carbons (Fsp3) is 0.571. The van der Waals surface area contributed by atoms with Gasteiger partial charge in [0.2, 0.25) is 5.91 Å². The van der Waals surface area contributed by atoms with Gasteiger partial charge in [-0.25, -0.2) is 0 Å². The van der Waals surface area contributed by atoms with Gasteiger partial charge in [0.25, 0.3) is 0 Å². The maximum absolute atomic E-state index is 11.9. The molecule has 0 bridgehead atoms. The molecule has 2 nitrogen and oxygen atoms in total. The van der Waals surface area contributed by atoms with Crippen LogP contribution in [0.1, 0.15) is 71.4 Å². The Bertz CT molecular complexity index is 494. The zero-order valence-corrected chi connectivity index (χ0v) is 15.5. The molecule has 2 heteroatoms. The molecule has 0 saturated heterocycles. The Kier molecular flexibility index (Phi) is 8.08. The number of hydrogen-bond acceptors (Lipinski definition) is 1. The first-order valence-electron chi connectivity index (χ1n) is 8.93. The third kappa shape index (κ3) is 7.49. The third-order valence-corrected chi connectivity index (χ3v) is 4.31. The summed E-state index contributed by atoms with van der Waals surface area (Å²) in [5.41, 5.74) is 2.53. The monoisotopic (exact) mass is 315 g/mol. The van der Waals surface area contributed by atoms with Gasteiger partial charge in [-0.05, 0) is 35.0 Å². The van der Waals surface area contributed by atoms with Crippen molar-refractivity contribution in [2.75, 3.05) is 6.54 Å². The lowest BCUT2D eigenvalue weighted by molar-refractivity contribution is -0.116. The number of hydrogen-bond donors (Lipinski definition) is 1. The zero-order chi connectivity index (χ0) is 17.3. The predicted molar refractivity (Wildman–Crippen MR) is 100 cm³/mol. The summed E-state index contributed by atoms with van der Waals surface area (Å²) in [7, 11) is 0. The molecule has 0 radical (unpaired) electrons. The molecule has 1 N–H and O–H groups in total. The second-order valence-electron chi connectivity index (χ2n) is 7.37. The van der Waals surface area contributed by atoms with E-state index in [2.05, 4.69) is 64.2 Å². The number of benzene rings is 1. The van der Waals surface area contributed by atoms with Crippen molar-refractivity contribution in [3.05, 3.63) is 41.5 Å². The molecule has 0 aliphatic carbocycles. The van der Waals surface area contributed by atoms with Crippen LogP contribution in [0.2, 0.25) is 0 Å². The van der Waals surface area contributed by atoms with Gasteiger partial charge in [-0.15, -0.1) is 0 Å². The molecule has 0 aliphatic heterocycles. The SMILES string of the molecule is CCCC[C@@H](CC)CNC(=O)/C=C/c1ccc(C(C)(C)C)cc1. The number of unbranched alkanes of at least 4 members (excludes halogenated alkanes) is 1. The van der Waals surface area contributed by atoms with Crippen molar-refractivity contribution in [1.29, 1.82) is 0 Å². The summed E-state index contributed by atoms with van der Waals surface area (Å²) in [6.07, 6.45) is 8.30. The highest BCUT2D eigenvalue weighted by atomic mass is 16.1. The third-order valence-electron chi connectivity index (χ3n) is 4.31. The summed E-state index contributed by atoms with van der Waals surface area (Å²) >= 11 is 0. The average Bonchev–Trinajstić information content (AvgIpc) is 2.52. The summed E-state index contributed by atoms with van der Waals surface area (Å²) in [6.45, 7) is 11.8. The first-order chi connectivity index (χ1) is 10.9. The van der Waals surface area contributed by atoms with Crippen LogP contribution < -0.4 is 5.32 Å². The lowest BCUT2D eigenvalue weighted by Crippen LogP contribution is -2.27. The van der Waals surface area contributed by atoms with Gasteiger partial charge in [-0.1, -0.05) is 78.1 Å². The summed E-state index contributed by atoms with van der Waals surface area (Å²) < 4.78 is 0. The molecule has 0 aromatic heterocycles. The highest BCUT2D eigenvalue weighted by Crippen LogP contribution is 2.22. The molecule has 0 heterocycles. The van der Waals surface area contributed by atoms with E-state index in [1.54, 1.807) is 6.08 Å². The molecule has 128 valence electrons. The van der Waals surface area contributed by atoms with E-state index < -0.39 is 0 Å². The lowest BCUT2D eigenvalue weighted by atomic mass is 9.87. The van der Waals surface area contributed by atoms with Crippen molar-refractivity contribution in [3.8, 4) is 0 Å². The average molecular weight is 316 g/mol. The van der Waals surface area contributed by atoms with Crippen molar-refractivity contribution in [3.63, 3.8) is 0 Å². The Labute approximate surface area is 142 Å². The fourth-order valence-corrected chi connectivity index (χ4v) is 2.51. The van der Waals surface area contributed by atoms with Crippen molar-refractivity contribution < 1.29 is 4.79 Å². The smallest absolute Gasteiger partial charge is 0.244 e. The number of rotatable bonds is 8. The number of carbonyl (C=O) groups excluding carboxylic acids is 1. The number of amides is 1. The molecule has 0 spiro atoms. The minimum absolute atomic E-state index is 0.000142. The van der Waals surface area contributed by atoms with Gasteiger partial charge in [0.1, 0.15) is 0 Å². The van der Waals surface area contributed by atoms with E-state index in [4.69, 9.17) is 0 Å². The molecular formula is C21H33NO. The summed E-state index contributed by atoms with van der Waals surface area (Å²) in [6, 6.07) is 8.41. The Hall–Kier alpha value is -1.57. The maximum Gasteiger partial charge on any atom is 0.244 e. The first-order valence-corrected chi connectivity index (χ1v) is 8.93. The van der Waals surface area contributed by atoms with Gasteiger partial charge in [-0.2, -0.15) is 0 Å². The van der Waals surface area contributed by atoms with E-state index in [1.807, 2.05) is 6.08 Å². The Morgan fingerprint density at radius 1 is 1.17 bits per heavy atom. The first kappa shape index (κ1) is 19.5. The summed E-state index contributed by atoms with van der Waals surface area (Å²) in [4.78, 5) is 11.9. The minimum Gasteiger partial charge on any atom is -0.352 e. The van der Waals surface area contributed by atoms with Crippen LogP contribution in [-0.2, 0) is 10.2 Å². The topological polar surface area (TPSA) is 29.1 Å². The number of carbonyl (C=O) groups is 1. The molecule has 0 saturated carbocycles. The normalized spacial score (nSPS) is 13.3. The van der Waals surface area contributed by atoms with E-state index in [9.17, 15) is 4.79 Å². The highest BCUT2D eigenvalue weighted by molar-refractivity contribution is 5.91. The molecule has 1 aromatic carbocycles. The van der Waals surface area contributed by atoms with Gasteiger partial charge in [-0.3, -0.25) is 4.79 Å². The number of nitrogens with one attached hydrogen (secondary N) is 1. The summed E-state index contributed by atoms with van der Waals surface area (Å²) in [5.74, 6) is 0.596. The van der Waals surface area contributed by atoms with Crippen molar-refractivity contribution in [2.24, 2.45) is 5.92 Å². The van der Waals surface area contributed by atoms with Crippen LogP contribution in [0.4, 0.5) is 0 Å². The van der Waals surface area contributed by atoms with Crippen LogP contribution >= 0.6 is 0 Å².